The van der Waals surface area contributed by atoms with E-state index in [9.17, 15) is 14.4 Å². The summed E-state index contributed by atoms with van der Waals surface area (Å²) in [7, 11) is 0. The van der Waals surface area contributed by atoms with Gasteiger partial charge in [0, 0.05) is 24.8 Å². The molecule has 0 bridgehead atoms. The molecule has 26 heavy (non-hydrogen) atoms. The molecule has 0 unspecified atom stereocenters. The fraction of sp³-hybridized carbons (Fsp3) is 0.0588. The summed E-state index contributed by atoms with van der Waals surface area (Å²) in [6.07, 6.45) is 6.28. The Kier molecular flexibility index (Phi) is 3.73. The molecule has 9 nitrogen and oxygen atoms in total. The van der Waals surface area contributed by atoms with Crippen molar-refractivity contribution in [3.8, 4) is 5.82 Å². The summed E-state index contributed by atoms with van der Waals surface area (Å²) in [5.74, 6) is -1.22. The molecular formula is C17H12N6O3. The van der Waals surface area contributed by atoms with Crippen LogP contribution in [0.3, 0.4) is 0 Å². The van der Waals surface area contributed by atoms with Gasteiger partial charge in [-0.3, -0.25) is 24.3 Å². The maximum atomic E-state index is 12.4. The van der Waals surface area contributed by atoms with Crippen LogP contribution in [0.1, 0.15) is 20.8 Å². The second-order valence-corrected chi connectivity index (χ2v) is 5.47. The van der Waals surface area contributed by atoms with E-state index in [1.807, 2.05) is 0 Å². The Balaban J connectivity index is 1.53. The highest BCUT2D eigenvalue weighted by Gasteiger charge is 2.37. The number of nitrogens with zero attached hydrogens (tertiary/aromatic N) is 5. The highest BCUT2D eigenvalue weighted by atomic mass is 16.2. The number of amides is 3. The first-order chi connectivity index (χ1) is 12.6. The molecule has 3 amide bonds. The third-order valence-electron chi connectivity index (χ3n) is 3.81. The van der Waals surface area contributed by atoms with Crippen molar-refractivity contribution in [3.63, 3.8) is 0 Å². The van der Waals surface area contributed by atoms with Crippen molar-refractivity contribution in [2.24, 2.45) is 0 Å². The molecule has 1 aliphatic heterocycles. The summed E-state index contributed by atoms with van der Waals surface area (Å²) in [5, 5.41) is 6.75. The first kappa shape index (κ1) is 15.6. The van der Waals surface area contributed by atoms with Crippen LogP contribution < -0.4 is 5.32 Å². The SMILES string of the molecule is O=C(CN1C(=O)c2cccnc2C1=O)Nc1cccnc1-n1cccn1. The van der Waals surface area contributed by atoms with Gasteiger partial charge in [-0.1, -0.05) is 0 Å². The number of rotatable bonds is 4. The predicted octanol–water partition coefficient (Wildman–Crippen LogP) is 0.897. The summed E-state index contributed by atoms with van der Waals surface area (Å²) in [5.41, 5.74) is 0.670. The van der Waals surface area contributed by atoms with E-state index in [1.165, 1.54) is 16.9 Å². The molecule has 0 aliphatic carbocycles. The van der Waals surface area contributed by atoms with Crippen molar-refractivity contribution in [1.29, 1.82) is 0 Å². The fourth-order valence-corrected chi connectivity index (χ4v) is 2.66. The summed E-state index contributed by atoms with van der Waals surface area (Å²) in [6, 6.07) is 8.13. The lowest BCUT2D eigenvalue weighted by Gasteiger charge is -2.14. The lowest BCUT2D eigenvalue weighted by atomic mass is 10.2. The Labute approximate surface area is 147 Å². The Bertz CT molecular complexity index is 980. The highest BCUT2D eigenvalue weighted by molar-refractivity contribution is 6.21. The largest absolute Gasteiger partial charge is 0.321 e. The Morgan fingerprint density at radius 1 is 1.00 bits per heavy atom. The molecule has 0 radical (unpaired) electrons. The van der Waals surface area contributed by atoms with Gasteiger partial charge in [-0.2, -0.15) is 5.10 Å². The molecule has 0 saturated carbocycles. The Morgan fingerprint density at radius 2 is 1.81 bits per heavy atom. The van der Waals surface area contributed by atoms with Crippen molar-refractivity contribution in [1.82, 2.24) is 24.6 Å². The van der Waals surface area contributed by atoms with Gasteiger partial charge in [0.1, 0.15) is 12.2 Å². The van der Waals surface area contributed by atoms with E-state index < -0.39 is 24.3 Å². The Hall–Kier alpha value is -3.88. The van der Waals surface area contributed by atoms with Gasteiger partial charge in [0.05, 0.1) is 11.3 Å². The standard InChI is InChI=1S/C17H12N6O3/c24-13(10-22-16(25)11-4-1-6-18-14(11)17(22)26)21-12-5-2-7-19-15(12)23-9-3-8-20-23/h1-9H,10H2,(H,21,24). The number of pyridine rings is 2. The van der Waals surface area contributed by atoms with Crippen LogP contribution in [-0.2, 0) is 4.79 Å². The lowest BCUT2D eigenvalue weighted by molar-refractivity contribution is -0.116. The molecule has 128 valence electrons. The monoisotopic (exact) mass is 348 g/mol. The van der Waals surface area contributed by atoms with E-state index in [1.54, 1.807) is 42.9 Å². The van der Waals surface area contributed by atoms with Gasteiger partial charge in [-0.05, 0) is 30.3 Å². The first-order valence-corrected chi connectivity index (χ1v) is 7.71. The van der Waals surface area contributed by atoms with Gasteiger partial charge in [0.15, 0.2) is 5.82 Å². The number of hydrogen-bond donors (Lipinski definition) is 1. The summed E-state index contributed by atoms with van der Waals surface area (Å²) in [4.78, 5) is 46.0. The number of hydrogen-bond acceptors (Lipinski definition) is 6. The van der Waals surface area contributed by atoms with E-state index >= 15 is 0 Å². The average Bonchev–Trinajstić information content (AvgIpc) is 3.26. The summed E-state index contributed by atoms with van der Waals surface area (Å²) in [6.45, 7) is -0.415. The van der Waals surface area contributed by atoms with Crippen LogP contribution in [0.4, 0.5) is 5.69 Å². The quantitative estimate of drug-likeness (QED) is 0.701. The van der Waals surface area contributed by atoms with Crippen LogP contribution in [0.25, 0.3) is 5.82 Å². The fourth-order valence-electron chi connectivity index (χ4n) is 2.66. The number of imide groups is 1. The van der Waals surface area contributed by atoms with Gasteiger partial charge >= 0.3 is 0 Å². The third kappa shape index (κ3) is 2.61. The van der Waals surface area contributed by atoms with Gasteiger partial charge in [-0.15, -0.1) is 0 Å². The zero-order valence-corrected chi connectivity index (χ0v) is 13.4. The van der Waals surface area contributed by atoms with Gasteiger partial charge in [-0.25, -0.2) is 9.67 Å². The molecule has 3 aromatic heterocycles. The van der Waals surface area contributed by atoms with E-state index in [-0.39, 0.29) is 11.3 Å². The van der Waals surface area contributed by atoms with Crippen LogP contribution in [0, 0.1) is 0 Å². The van der Waals surface area contributed by atoms with Crippen LogP contribution >= 0.6 is 0 Å². The number of carbonyl (C=O) groups is 3. The van der Waals surface area contributed by atoms with Gasteiger partial charge < -0.3 is 5.32 Å². The number of aromatic nitrogens is 4. The molecule has 1 N–H and O–H groups in total. The topological polar surface area (TPSA) is 110 Å². The van der Waals surface area contributed by atoms with Crippen molar-refractivity contribution in [2.45, 2.75) is 0 Å². The maximum Gasteiger partial charge on any atom is 0.280 e. The first-order valence-electron chi connectivity index (χ1n) is 7.71. The minimum Gasteiger partial charge on any atom is -0.321 e. The van der Waals surface area contributed by atoms with E-state index in [0.29, 0.717) is 11.5 Å². The lowest BCUT2D eigenvalue weighted by Crippen LogP contribution is -2.37. The number of carbonyl (C=O) groups excluding carboxylic acids is 3. The third-order valence-corrected chi connectivity index (χ3v) is 3.81. The molecule has 1 aliphatic rings. The smallest absolute Gasteiger partial charge is 0.280 e. The molecule has 3 aromatic rings. The normalized spacial score (nSPS) is 13.0. The van der Waals surface area contributed by atoms with E-state index in [0.717, 1.165) is 4.90 Å². The predicted molar refractivity (Wildman–Crippen MR) is 89.6 cm³/mol. The molecule has 0 atom stereocenters. The minimum absolute atomic E-state index is 0.0592. The summed E-state index contributed by atoms with van der Waals surface area (Å²) < 4.78 is 1.50. The summed E-state index contributed by atoms with van der Waals surface area (Å²) >= 11 is 0. The molecule has 9 heteroatoms. The van der Waals surface area contributed by atoms with Crippen LogP contribution in [0.2, 0.25) is 0 Å². The molecule has 4 rings (SSSR count). The van der Waals surface area contributed by atoms with E-state index in [4.69, 9.17) is 0 Å². The van der Waals surface area contributed by atoms with Crippen LogP contribution in [0.15, 0.2) is 55.1 Å². The zero-order chi connectivity index (χ0) is 18.1. The van der Waals surface area contributed by atoms with Crippen LogP contribution in [-0.4, -0.2) is 48.9 Å². The Morgan fingerprint density at radius 3 is 2.58 bits per heavy atom. The van der Waals surface area contributed by atoms with Crippen molar-refractivity contribution in [2.75, 3.05) is 11.9 Å². The maximum absolute atomic E-state index is 12.4. The molecule has 4 heterocycles. The van der Waals surface area contributed by atoms with Crippen molar-refractivity contribution >= 4 is 23.4 Å². The van der Waals surface area contributed by atoms with E-state index in [2.05, 4.69) is 20.4 Å². The minimum atomic E-state index is -0.584. The van der Waals surface area contributed by atoms with Crippen molar-refractivity contribution < 1.29 is 14.4 Å². The highest BCUT2D eigenvalue weighted by Crippen LogP contribution is 2.21. The number of nitrogens with one attached hydrogen (secondary N) is 1. The van der Waals surface area contributed by atoms with Gasteiger partial charge in [0.25, 0.3) is 11.8 Å². The second-order valence-electron chi connectivity index (χ2n) is 5.47. The number of fused-ring (bicyclic) bond motifs is 1. The average molecular weight is 348 g/mol. The van der Waals surface area contributed by atoms with Gasteiger partial charge in [0.2, 0.25) is 5.91 Å². The molecular weight excluding hydrogens is 336 g/mol. The molecule has 0 spiro atoms. The second kappa shape index (κ2) is 6.20. The zero-order valence-electron chi connectivity index (χ0n) is 13.4. The molecule has 0 saturated heterocycles. The molecule has 0 fully saturated rings. The molecule has 0 aromatic carbocycles. The number of anilines is 1. The van der Waals surface area contributed by atoms with Crippen LogP contribution in [0.5, 0.6) is 0 Å². The van der Waals surface area contributed by atoms with Crippen molar-refractivity contribution in [3.05, 3.63) is 66.4 Å².